The molecule has 3 aromatic rings. The Balaban J connectivity index is 1.79. The minimum atomic E-state index is -0.507. The quantitative estimate of drug-likeness (QED) is 0.364. The summed E-state index contributed by atoms with van der Waals surface area (Å²) in [5.41, 5.74) is 2.53. The zero-order chi connectivity index (χ0) is 21.1. The van der Waals surface area contributed by atoms with Crippen LogP contribution in [0.2, 0.25) is 5.02 Å². The van der Waals surface area contributed by atoms with Gasteiger partial charge in [0.2, 0.25) is 0 Å². The highest BCUT2D eigenvalue weighted by molar-refractivity contribution is 7.80. The summed E-state index contributed by atoms with van der Waals surface area (Å²) in [6, 6.07) is 26.2. The number of thiocarbonyl (C=S) groups is 1. The number of benzene rings is 3. The monoisotopic (exact) mass is 432 g/mol. The second kappa shape index (κ2) is 8.61. The summed E-state index contributed by atoms with van der Waals surface area (Å²) in [4.78, 5) is 27.3. The molecule has 0 radical (unpaired) electrons. The van der Waals surface area contributed by atoms with Gasteiger partial charge < -0.3 is 0 Å². The van der Waals surface area contributed by atoms with E-state index in [9.17, 15) is 9.59 Å². The van der Waals surface area contributed by atoms with Crippen molar-refractivity contribution in [1.29, 1.82) is 0 Å². The van der Waals surface area contributed by atoms with Crippen LogP contribution in [-0.2, 0) is 9.59 Å². The average molecular weight is 433 g/mol. The van der Waals surface area contributed by atoms with Crippen LogP contribution in [0.3, 0.4) is 0 Å². The lowest BCUT2D eigenvalue weighted by molar-refractivity contribution is -0.122. The molecule has 4 rings (SSSR count). The fourth-order valence-corrected chi connectivity index (χ4v) is 3.78. The van der Waals surface area contributed by atoms with Crippen molar-refractivity contribution in [1.82, 2.24) is 5.32 Å². The molecule has 1 aliphatic rings. The predicted molar refractivity (Wildman–Crippen MR) is 122 cm³/mol. The summed E-state index contributed by atoms with van der Waals surface area (Å²) in [6.07, 6.45) is 1.70. The van der Waals surface area contributed by atoms with Crippen LogP contribution in [0.4, 0.5) is 5.69 Å². The number of hydrogen-bond acceptors (Lipinski definition) is 3. The third kappa shape index (κ3) is 4.03. The second-order valence-corrected chi connectivity index (χ2v) is 7.58. The standard InChI is InChI=1S/C24H17ClN2O2S/c25-18-11-13-19(14-12-18)27-23(29)21(22(28)26-24(27)30)15-20(16-7-3-1-4-8-16)17-9-5-2-6-10-17/h1-15,20H,(H,26,28,30)/b21-15+. The molecule has 2 amide bonds. The summed E-state index contributed by atoms with van der Waals surface area (Å²) in [6.45, 7) is 0. The summed E-state index contributed by atoms with van der Waals surface area (Å²) < 4.78 is 0. The molecule has 3 aromatic carbocycles. The van der Waals surface area contributed by atoms with Gasteiger partial charge in [-0.25, -0.2) is 0 Å². The molecule has 1 N–H and O–H groups in total. The topological polar surface area (TPSA) is 49.4 Å². The van der Waals surface area contributed by atoms with Gasteiger partial charge in [0.05, 0.1) is 5.69 Å². The number of carbonyl (C=O) groups excluding carboxylic acids is 2. The molecule has 148 valence electrons. The summed E-state index contributed by atoms with van der Waals surface area (Å²) in [7, 11) is 0. The molecule has 6 heteroatoms. The Bertz CT molecular complexity index is 1090. The molecule has 1 heterocycles. The van der Waals surface area contributed by atoms with E-state index in [2.05, 4.69) is 5.32 Å². The second-order valence-electron chi connectivity index (χ2n) is 6.76. The van der Waals surface area contributed by atoms with Gasteiger partial charge in [-0.1, -0.05) is 78.3 Å². The first-order valence-corrected chi connectivity index (χ1v) is 10.1. The molecule has 0 saturated carbocycles. The fraction of sp³-hybridized carbons (Fsp3) is 0.0417. The molecular weight excluding hydrogens is 416 g/mol. The predicted octanol–water partition coefficient (Wildman–Crippen LogP) is 4.85. The first kappa shape index (κ1) is 20.0. The lowest BCUT2D eigenvalue weighted by atomic mass is 9.89. The number of hydrogen-bond donors (Lipinski definition) is 1. The number of rotatable bonds is 4. The summed E-state index contributed by atoms with van der Waals surface area (Å²) >= 11 is 11.2. The van der Waals surface area contributed by atoms with Crippen molar-refractivity contribution in [2.24, 2.45) is 0 Å². The first-order chi connectivity index (χ1) is 14.5. The van der Waals surface area contributed by atoms with E-state index in [4.69, 9.17) is 23.8 Å². The number of carbonyl (C=O) groups is 2. The maximum Gasteiger partial charge on any atom is 0.269 e. The van der Waals surface area contributed by atoms with Gasteiger partial charge in [-0.2, -0.15) is 0 Å². The Hall–Kier alpha value is -3.28. The zero-order valence-corrected chi connectivity index (χ0v) is 17.4. The van der Waals surface area contributed by atoms with Crippen molar-refractivity contribution >= 4 is 46.4 Å². The summed E-state index contributed by atoms with van der Waals surface area (Å²) in [5, 5.41) is 3.21. The van der Waals surface area contributed by atoms with E-state index in [-0.39, 0.29) is 16.6 Å². The van der Waals surface area contributed by atoms with Gasteiger partial charge >= 0.3 is 0 Å². The van der Waals surface area contributed by atoms with Gasteiger partial charge in [-0.15, -0.1) is 0 Å². The average Bonchev–Trinajstić information content (AvgIpc) is 2.76. The summed E-state index contributed by atoms with van der Waals surface area (Å²) in [5.74, 6) is -1.24. The highest BCUT2D eigenvalue weighted by atomic mass is 35.5. The number of amides is 2. The molecule has 30 heavy (non-hydrogen) atoms. The van der Waals surface area contributed by atoms with Crippen LogP contribution in [0, 0.1) is 0 Å². The molecule has 0 unspecified atom stereocenters. The van der Waals surface area contributed by atoms with Crippen LogP contribution in [0.5, 0.6) is 0 Å². The molecule has 1 fully saturated rings. The maximum absolute atomic E-state index is 13.3. The van der Waals surface area contributed by atoms with Crippen LogP contribution in [0.25, 0.3) is 0 Å². The van der Waals surface area contributed by atoms with E-state index in [0.29, 0.717) is 10.7 Å². The third-order valence-electron chi connectivity index (χ3n) is 4.84. The maximum atomic E-state index is 13.3. The van der Waals surface area contributed by atoms with Gasteiger partial charge in [0.1, 0.15) is 5.57 Å². The normalized spacial score (nSPS) is 15.6. The molecule has 4 nitrogen and oxygen atoms in total. The van der Waals surface area contributed by atoms with Crippen molar-refractivity contribution < 1.29 is 9.59 Å². The van der Waals surface area contributed by atoms with E-state index < -0.39 is 11.8 Å². The van der Waals surface area contributed by atoms with Gasteiger partial charge in [0.25, 0.3) is 11.8 Å². The molecule has 0 spiro atoms. The Morgan fingerprint density at radius 1 is 0.833 bits per heavy atom. The van der Waals surface area contributed by atoms with Crippen molar-refractivity contribution in [3.63, 3.8) is 0 Å². The number of allylic oxidation sites excluding steroid dienone is 1. The van der Waals surface area contributed by atoms with Crippen LogP contribution >= 0.6 is 23.8 Å². The lowest BCUT2D eigenvalue weighted by Gasteiger charge is -2.29. The Labute approximate surface area is 184 Å². The van der Waals surface area contributed by atoms with Gasteiger partial charge in [0.15, 0.2) is 5.11 Å². The van der Waals surface area contributed by atoms with E-state index in [1.807, 2.05) is 60.7 Å². The Morgan fingerprint density at radius 2 is 1.37 bits per heavy atom. The smallest absolute Gasteiger partial charge is 0.269 e. The molecule has 0 bridgehead atoms. The molecule has 1 saturated heterocycles. The Morgan fingerprint density at radius 3 is 1.90 bits per heavy atom. The highest BCUT2D eigenvalue weighted by Gasteiger charge is 2.35. The first-order valence-electron chi connectivity index (χ1n) is 9.31. The minimum Gasteiger partial charge on any atom is -0.298 e. The molecule has 1 aliphatic heterocycles. The van der Waals surface area contributed by atoms with Gasteiger partial charge in [-0.05, 0) is 47.6 Å². The van der Waals surface area contributed by atoms with Crippen molar-refractivity contribution in [2.75, 3.05) is 4.90 Å². The van der Waals surface area contributed by atoms with Crippen LogP contribution in [-0.4, -0.2) is 16.9 Å². The van der Waals surface area contributed by atoms with E-state index in [1.54, 1.807) is 30.3 Å². The van der Waals surface area contributed by atoms with Crippen LogP contribution in [0.1, 0.15) is 17.0 Å². The SMILES string of the molecule is O=C1NC(=S)N(c2ccc(Cl)cc2)C(=O)/C1=C/C(c1ccccc1)c1ccccc1. The largest absolute Gasteiger partial charge is 0.298 e. The number of halogens is 1. The Kier molecular flexibility index (Phi) is 5.74. The minimum absolute atomic E-state index is 0.0382. The van der Waals surface area contributed by atoms with Crippen LogP contribution in [0.15, 0.2) is 96.6 Å². The van der Waals surface area contributed by atoms with Crippen LogP contribution < -0.4 is 10.2 Å². The fourth-order valence-electron chi connectivity index (χ4n) is 3.37. The highest BCUT2D eigenvalue weighted by Crippen LogP contribution is 2.29. The molecule has 0 atom stereocenters. The van der Waals surface area contributed by atoms with Crippen molar-refractivity contribution in [2.45, 2.75) is 5.92 Å². The molecule has 0 aromatic heterocycles. The molecule has 0 aliphatic carbocycles. The zero-order valence-electron chi connectivity index (χ0n) is 15.8. The lowest BCUT2D eigenvalue weighted by Crippen LogP contribution is -2.54. The van der Waals surface area contributed by atoms with E-state index in [0.717, 1.165) is 11.1 Å². The van der Waals surface area contributed by atoms with Crippen molar-refractivity contribution in [3.05, 3.63) is 113 Å². The number of nitrogens with zero attached hydrogens (tertiary/aromatic N) is 1. The number of anilines is 1. The van der Waals surface area contributed by atoms with Gasteiger partial charge in [-0.3, -0.25) is 19.8 Å². The van der Waals surface area contributed by atoms with E-state index in [1.165, 1.54) is 4.90 Å². The van der Waals surface area contributed by atoms with Crippen molar-refractivity contribution in [3.8, 4) is 0 Å². The van der Waals surface area contributed by atoms with Gasteiger partial charge in [0, 0.05) is 10.9 Å². The number of nitrogens with one attached hydrogen (secondary N) is 1. The van der Waals surface area contributed by atoms with E-state index >= 15 is 0 Å². The third-order valence-corrected chi connectivity index (χ3v) is 5.37. The molecular formula is C24H17ClN2O2S.